The van der Waals surface area contributed by atoms with E-state index in [2.05, 4.69) is 24.4 Å². The molecule has 0 saturated carbocycles. The Morgan fingerprint density at radius 1 is 0.971 bits per heavy atom. The first-order valence-electron chi connectivity index (χ1n) is 11.8. The van der Waals surface area contributed by atoms with Crippen molar-refractivity contribution in [2.45, 2.75) is 33.1 Å². The Balaban J connectivity index is 1.70. The van der Waals surface area contributed by atoms with Crippen molar-refractivity contribution in [2.24, 2.45) is 0 Å². The molecule has 6 nitrogen and oxygen atoms in total. The molecule has 0 atom stereocenters. The van der Waals surface area contributed by atoms with Crippen LogP contribution in [-0.2, 0) is 16.0 Å². The quantitative estimate of drug-likeness (QED) is 0.250. The number of ether oxygens (including phenoxy) is 1. The summed E-state index contributed by atoms with van der Waals surface area (Å²) in [4.78, 5) is 25.7. The van der Waals surface area contributed by atoms with E-state index in [0.29, 0.717) is 0 Å². The summed E-state index contributed by atoms with van der Waals surface area (Å²) in [5.74, 6) is -1.19. The molecule has 2 N–H and O–H groups in total. The highest BCUT2D eigenvalue weighted by molar-refractivity contribution is 6.01. The number of amides is 2. The number of benzene rings is 3. The van der Waals surface area contributed by atoms with Crippen LogP contribution in [0, 0.1) is 0 Å². The standard InChI is InChI=1S/C29H32N2O4/c1-4-6-8-21-13-17-25(18-14-21)30-29(34)31(3)26-10-7-9-24(20-26)23-15-11-22(12-16-23)19-27(28(32)33)35-5-2/h7,9-20H,4-6,8H2,1-3H3,(H,30,34)(H,32,33). The highest BCUT2D eigenvalue weighted by Crippen LogP contribution is 2.26. The van der Waals surface area contributed by atoms with Crippen molar-refractivity contribution in [2.75, 3.05) is 23.9 Å². The van der Waals surface area contributed by atoms with Crippen molar-refractivity contribution < 1.29 is 19.4 Å². The van der Waals surface area contributed by atoms with Crippen LogP contribution >= 0.6 is 0 Å². The molecule has 0 unspecified atom stereocenters. The molecule has 0 spiro atoms. The molecule has 3 aromatic rings. The zero-order valence-electron chi connectivity index (χ0n) is 20.5. The molecule has 0 aliphatic rings. The van der Waals surface area contributed by atoms with Gasteiger partial charge in [-0.25, -0.2) is 9.59 Å². The predicted octanol–water partition coefficient (Wildman–Crippen LogP) is 6.83. The number of hydrogen-bond donors (Lipinski definition) is 2. The number of anilines is 2. The second-order valence-corrected chi connectivity index (χ2v) is 8.21. The lowest BCUT2D eigenvalue weighted by Crippen LogP contribution is -2.31. The van der Waals surface area contributed by atoms with Gasteiger partial charge in [-0.15, -0.1) is 0 Å². The second kappa shape index (κ2) is 12.4. The van der Waals surface area contributed by atoms with Gasteiger partial charge in [0, 0.05) is 18.4 Å². The fraction of sp³-hybridized carbons (Fsp3) is 0.241. The van der Waals surface area contributed by atoms with E-state index in [1.54, 1.807) is 18.9 Å². The molecule has 2 amide bonds. The molecule has 3 rings (SSSR count). The summed E-state index contributed by atoms with van der Waals surface area (Å²) in [6.07, 6.45) is 4.85. The summed E-state index contributed by atoms with van der Waals surface area (Å²) in [5.41, 5.74) is 5.41. The van der Waals surface area contributed by atoms with Crippen molar-refractivity contribution in [3.05, 3.63) is 89.7 Å². The van der Waals surface area contributed by atoms with E-state index in [4.69, 9.17) is 4.74 Å². The number of urea groups is 1. The molecule has 0 aliphatic carbocycles. The lowest BCUT2D eigenvalue weighted by Gasteiger charge is -2.19. The van der Waals surface area contributed by atoms with Gasteiger partial charge in [-0.05, 0) is 72.4 Å². The summed E-state index contributed by atoms with van der Waals surface area (Å²) < 4.78 is 5.17. The SMILES string of the molecule is CCCCc1ccc(NC(=O)N(C)c2cccc(-c3ccc(C=C(OCC)C(=O)O)cc3)c2)cc1. The van der Waals surface area contributed by atoms with Gasteiger partial charge in [0.1, 0.15) is 0 Å². The van der Waals surface area contributed by atoms with Crippen molar-refractivity contribution in [1.82, 2.24) is 0 Å². The first kappa shape index (κ1) is 25.6. The number of rotatable bonds is 10. The van der Waals surface area contributed by atoms with E-state index in [1.165, 1.54) is 11.6 Å². The van der Waals surface area contributed by atoms with Crippen LogP contribution < -0.4 is 10.2 Å². The molecule has 0 saturated heterocycles. The molecular formula is C29H32N2O4. The Bertz CT molecular complexity index is 1170. The lowest BCUT2D eigenvalue weighted by molar-refractivity contribution is -0.136. The summed E-state index contributed by atoms with van der Waals surface area (Å²) in [5, 5.41) is 12.2. The van der Waals surface area contributed by atoms with Crippen LogP contribution in [0.15, 0.2) is 78.6 Å². The third kappa shape index (κ3) is 7.21. The first-order chi connectivity index (χ1) is 16.9. The fourth-order valence-corrected chi connectivity index (χ4v) is 3.60. The molecule has 3 aromatic carbocycles. The second-order valence-electron chi connectivity index (χ2n) is 8.21. The first-order valence-corrected chi connectivity index (χ1v) is 11.8. The Morgan fingerprint density at radius 2 is 1.69 bits per heavy atom. The van der Waals surface area contributed by atoms with E-state index in [0.717, 1.165) is 47.3 Å². The molecule has 0 aliphatic heterocycles. The molecule has 35 heavy (non-hydrogen) atoms. The normalized spacial score (nSPS) is 11.1. The van der Waals surface area contributed by atoms with E-state index < -0.39 is 5.97 Å². The molecule has 6 heteroatoms. The molecular weight excluding hydrogens is 440 g/mol. The van der Waals surface area contributed by atoms with Gasteiger partial charge in [0.05, 0.1) is 6.61 Å². The van der Waals surface area contributed by atoms with Gasteiger partial charge < -0.3 is 15.2 Å². The molecule has 0 radical (unpaired) electrons. The van der Waals surface area contributed by atoms with Gasteiger partial charge in [-0.2, -0.15) is 0 Å². The number of aryl methyl sites for hydroxylation is 1. The van der Waals surface area contributed by atoms with Gasteiger partial charge in [0.15, 0.2) is 0 Å². The van der Waals surface area contributed by atoms with Crippen LogP contribution in [0.5, 0.6) is 0 Å². The zero-order valence-corrected chi connectivity index (χ0v) is 20.5. The number of nitrogens with one attached hydrogen (secondary N) is 1. The number of unbranched alkanes of at least 4 members (excludes halogenated alkanes) is 1. The molecule has 0 fully saturated rings. The molecule has 182 valence electrons. The lowest BCUT2D eigenvalue weighted by atomic mass is 10.0. The number of carbonyl (C=O) groups excluding carboxylic acids is 1. The minimum absolute atomic E-state index is 0.0921. The van der Waals surface area contributed by atoms with Gasteiger partial charge in [0.25, 0.3) is 0 Å². The number of aliphatic carboxylic acids is 1. The summed E-state index contributed by atoms with van der Waals surface area (Å²) >= 11 is 0. The van der Waals surface area contributed by atoms with Crippen LogP contribution in [-0.4, -0.2) is 30.8 Å². The van der Waals surface area contributed by atoms with Crippen molar-refractivity contribution >= 4 is 29.5 Å². The smallest absolute Gasteiger partial charge is 0.371 e. The number of hydrogen-bond acceptors (Lipinski definition) is 3. The number of carbonyl (C=O) groups is 2. The summed E-state index contributed by atoms with van der Waals surface area (Å²) in [6.45, 7) is 4.20. The average molecular weight is 473 g/mol. The third-order valence-electron chi connectivity index (χ3n) is 5.61. The Hall–Kier alpha value is -4.06. The summed E-state index contributed by atoms with van der Waals surface area (Å²) in [7, 11) is 1.74. The van der Waals surface area contributed by atoms with E-state index in [9.17, 15) is 14.7 Å². The minimum Gasteiger partial charge on any atom is -0.487 e. The predicted molar refractivity (Wildman–Crippen MR) is 142 cm³/mol. The summed E-state index contributed by atoms with van der Waals surface area (Å²) in [6, 6.07) is 23.0. The van der Waals surface area contributed by atoms with Gasteiger partial charge in [-0.3, -0.25) is 4.90 Å². The van der Waals surface area contributed by atoms with Crippen molar-refractivity contribution in [1.29, 1.82) is 0 Å². The Morgan fingerprint density at radius 3 is 2.31 bits per heavy atom. The van der Waals surface area contributed by atoms with Crippen LogP contribution in [0.4, 0.5) is 16.2 Å². The third-order valence-corrected chi connectivity index (χ3v) is 5.61. The number of carboxylic acid groups (broad SMARTS) is 1. The molecule has 0 bridgehead atoms. The monoisotopic (exact) mass is 472 g/mol. The van der Waals surface area contributed by atoms with E-state index in [1.807, 2.05) is 60.7 Å². The van der Waals surface area contributed by atoms with Gasteiger partial charge in [0.2, 0.25) is 5.76 Å². The van der Waals surface area contributed by atoms with Crippen molar-refractivity contribution in [3.63, 3.8) is 0 Å². The number of carboxylic acids is 1. The van der Waals surface area contributed by atoms with E-state index >= 15 is 0 Å². The topological polar surface area (TPSA) is 78.9 Å². The average Bonchev–Trinajstić information content (AvgIpc) is 2.88. The highest BCUT2D eigenvalue weighted by atomic mass is 16.5. The molecule has 0 aromatic heterocycles. The van der Waals surface area contributed by atoms with Gasteiger partial charge >= 0.3 is 12.0 Å². The largest absolute Gasteiger partial charge is 0.487 e. The van der Waals surface area contributed by atoms with Crippen LogP contribution in [0.3, 0.4) is 0 Å². The maximum atomic E-state index is 12.8. The van der Waals surface area contributed by atoms with Crippen molar-refractivity contribution in [3.8, 4) is 11.1 Å². The Labute approximate surface area is 206 Å². The molecule has 0 heterocycles. The van der Waals surface area contributed by atoms with Crippen LogP contribution in [0.2, 0.25) is 0 Å². The van der Waals surface area contributed by atoms with Crippen LogP contribution in [0.25, 0.3) is 17.2 Å². The number of nitrogens with zero attached hydrogens (tertiary/aromatic N) is 1. The maximum absolute atomic E-state index is 12.8. The maximum Gasteiger partial charge on any atom is 0.371 e. The highest BCUT2D eigenvalue weighted by Gasteiger charge is 2.12. The van der Waals surface area contributed by atoms with E-state index in [-0.39, 0.29) is 18.4 Å². The van der Waals surface area contributed by atoms with Gasteiger partial charge in [-0.1, -0.05) is 61.9 Å². The minimum atomic E-state index is -1.10. The zero-order chi connectivity index (χ0) is 25.2. The fourth-order valence-electron chi connectivity index (χ4n) is 3.60. The van der Waals surface area contributed by atoms with Crippen LogP contribution in [0.1, 0.15) is 37.8 Å². The Kier molecular flexibility index (Phi) is 9.07.